The van der Waals surface area contributed by atoms with E-state index in [4.69, 9.17) is 23.2 Å². The highest BCUT2D eigenvalue weighted by molar-refractivity contribution is 6.43. The van der Waals surface area contributed by atoms with E-state index in [0.717, 1.165) is 13.1 Å². The summed E-state index contributed by atoms with van der Waals surface area (Å²) >= 11 is 12.1. The number of nitrogens with zero attached hydrogens (tertiary/aromatic N) is 4. The molecule has 0 aliphatic rings. The normalized spacial score (nSPS) is 10.7. The minimum atomic E-state index is 0.444. The van der Waals surface area contributed by atoms with Crippen molar-refractivity contribution >= 4 is 40.7 Å². The van der Waals surface area contributed by atoms with Gasteiger partial charge in [-0.15, -0.1) is 5.10 Å². The van der Waals surface area contributed by atoms with Gasteiger partial charge in [-0.3, -0.25) is 0 Å². The van der Waals surface area contributed by atoms with Crippen LogP contribution >= 0.6 is 23.2 Å². The summed E-state index contributed by atoms with van der Waals surface area (Å²) in [6, 6.07) is 5.35. The van der Waals surface area contributed by atoms with Gasteiger partial charge < -0.3 is 15.5 Å². The lowest BCUT2D eigenvalue weighted by molar-refractivity contribution is 0.425. The molecule has 21 heavy (non-hydrogen) atoms. The van der Waals surface area contributed by atoms with Crippen LogP contribution in [0, 0.1) is 0 Å². The second kappa shape index (κ2) is 7.40. The fourth-order valence-electron chi connectivity index (χ4n) is 1.57. The van der Waals surface area contributed by atoms with Crippen LogP contribution < -0.4 is 10.6 Å². The quantitative estimate of drug-likeness (QED) is 0.850. The zero-order chi connectivity index (χ0) is 15.2. The van der Waals surface area contributed by atoms with E-state index >= 15 is 0 Å². The van der Waals surface area contributed by atoms with Crippen molar-refractivity contribution in [2.45, 2.75) is 0 Å². The van der Waals surface area contributed by atoms with Gasteiger partial charge in [0, 0.05) is 13.1 Å². The minimum Gasteiger partial charge on any atom is -0.352 e. The van der Waals surface area contributed by atoms with E-state index < -0.39 is 0 Å². The van der Waals surface area contributed by atoms with Gasteiger partial charge in [0.05, 0.1) is 21.9 Å². The number of nitrogens with one attached hydrogen (secondary N) is 2. The maximum absolute atomic E-state index is 6.12. The van der Waals surface area contributed by atoms with Crippen molar-refractivity contribution in [3.8, 4) is 0 Å². The number of likely N-dealkylation sites (N-methyl/N-ethyl adjacent to an activating group) is 1. The van der Waals surface area contributed by atoms with Crippen molar-refractivity contribution in [2.75, 3.05) is 37.8 Å². The molecule has 0 saturated heterocycles. The minimum absolute atomic E-state index is 0.444. The summed E-state index contributed by atoms with van der Waals surface area (Å²) in [6.45, 7) is 1.61. The molecule has 2 N–H and O–H groups in total. The molecule has 0 aliphatic heterocycles. The van der Waals surface area contributed by atoms with Crippen LogP contribution in [0.15, 0.2) is 24.4 Å². The molecule has 6 nitrogen and oxygen atoms in total. The lowest BCUT2D eigenvalue weighted by Crippen LogP contribution is -2.21. The van der Waals surface area contributed by atoms with Crippen molar-refractivity contribution in [2.24, 2.45) is 0 Å². The van der Waals surface area contributed by atoms with E-state index in [-0.39, 0.29) is 0 Å². The summed E-state index contributed by atoms with van der Waals surface area (Å²) in [5.41, 5.74) is 0.670. The van der Waals surface area contributed by atoms with Crippen LogP contribution in [0.3, 0.4) is 0 Å². The second-order valence-corrected chi connectivity index (χ2v) is 5.41. The Morgan fingerprint density at radius 3 is 2.81 bits per heavy atom. The van der Waals surface area contributed by atoms with E-state index in [1.165, 1.54) is 6.20 Å². The van der Waals surface area contributed by atoms with Gasteiger partial charge in [0.1, 0.15) is 0 Å². The van der Waals surface area contributed by atoms with Gasteiger partial charge in [0.2, 0.25) is 5.95 Å². The molecule has 0 saturated carbocycles. The third-order valence-corrected chi connectivity index (χ3v) is 3.43. The van der Waals surface area contributed by atoms with Gasteiger partial charge in [-0.05, 0) is 26.2 Å². The SMILES string of the molecule is CN(C)CCNc1nncc(Nc2cccc(Cl)c2Cl)n1. The number of halogens is 2. The molecule has 0 spiro atoms. The first-order chi connectivity index (χ1) is 10.1. The van der Waals surface area contributed by atoms with Gasteiger partial charge in [-0.25, -0.2) is 0 Å². The Hall–Kier alpha value is -1.63. The van der Waals surface area contributed by atoms with Crippen LogP contribution in [0.25, 0.3) is 0 Å². The van der Waals surface area contributed by atoms with E-state index in [1.54, 1.807) is 12.1 Å². The van der Waals surface area contributed by atoms with Crippen LogP contribution in [0.1, 0.15) is 0 Å². The largest absolute Gasteiger partial charge is 0.352 e. The van der Waals surface area contributed by atoms with Crippen molar-refractivity contribution in [1.82, 2.24) is 20.1 Å². The molecule has 1 aromatic heterocycles. The van der Waals surface area contributed by atoms with Crippen LogP contribution in [0.5, 0.6) is 0 Å². The first kappa shape index (κ1) is 15.8. The molecule has 0 bridgehead atoms. The number of hydrogen-bond acceptors (Lipinski definition) is 6. The van der Waals surface area contributed by atoms with Gasteiger partial charge in [-0.1, -0.05) is 29.3 Å². The van der Waals surface area contributed by atoms with E-state index in [0.29, 0.717) is 27.5 Å². The van der Waals surface area contributed by atoms with Crippen LogP contribution in [-0.2, 0) is 0 Å². The smallest absolute Gasteiger partial charge is 0.244 e. The number of benzene rings is 1. The van der Waals surface area contributed by atoms with Crippen LogP contribution in [0.4, 0.5) is 17.5 Å². The number of anilines is 3. The Morgan fingerprint density at radius 1 is 1.24 bits per heavy atom. The molecule has 2 aromatic rings. The maximum Gasteiger partial charge on any atom is 0.244 e. The summed E-state index contributed by atoms with van der Waals surface area (Å²) in [7, 11) is 4.00. The summed E-state index contributed by atoms with van der Waals surface area (Å²) in [6.07, 6.45) is 1.52. The average Bonchev–Trinajstić information content (AvgIpc) is 2.44. The summed E-state index contributed by atoms with van der Waals surface area (Å²) in [5, 5.41) is 14.9. The molecule has 2 rings (SSSR count). The molecule has 0 fully saturated rings. The fraction of sp³-hybridized carbons (Fsp3) is 0.308. The molecule has 1 aromatic carbocycles. The highest BCUT2D eigenvalue weighted by Gasteiger charge is 2.06. The predicted octanol–water partition coefficient (Wildman–Crippen LogP) is 2.90. The lowest BCUT2D eigenvalue weighted by Gasteiger charge is -2.11. The Balaban J connectivity index is 2.05. The number of rotatable bonds is 6. The molecule has 0 amide bonds. The third-order valence-electron chi connectivity index (χ3n) is 2.62. The van der Waals surface area contributed by atoms with Gasteiger partial charge in [0.25, 0.3) is 0 Å². The van der Waals surface area contributed by atoms with Crippen molar-refractivity contribution in [1.29, 1.82) is 0 Å². The molecule has 0 atom stereocenters. The summed E-state index contributed by atoms with van der Waals surface area (Å²) < 4.78 is 0. The van der Waals surface area contributed by atoms with Crippen LogP contribution in [0.2, 0.25) is 10.0 Å². The van der Waals surface area contributed by atoms with Crippen molar-refractivity contribution < 1.29 is 0 Å². The first-order valence-corrected chi connectivity index (χ1v) is 7.11. The van der Waals surface area contributed by atoms with Crippen molar-refractivity contribution in [3.05, 3.63) is 34.4 Å². The van der Waals surface area contributed by atoms with E-state index in [2.05, 4.69) is 30.7 Å². The molecule has 0 aliphatic carbocycles. The number of hydrogen-bond donors (Lipinski definition) is 2. The molecular weight excluding hydrogens is 311 g/mol. The molecule has 8 heteroatoms. The number of aromatic nitrogens is 3. The van der Waals surface area contributed by atoms with Gasteiger partial charge >= 0.3 is 0 Å². The predicted molar refractivity (Wildman–Crippen MR) is 86.6 cm³/mol. The first-order valence-electron chi connectivity index (χ1n) is 6.35. The van der Waals surface area contributed by atoms with Crippen molar-refractivity contribution in [3.63, 3.8) is 0 Å². The Labute approximate surface area is 133 Å². The molecule has 0 unspecified atom stereocenters. The monoisotopic (exact) mass is 326 g/mol. The lowest BCUT2D eigenvalue weighted by atomic mass is 10.3. The van der Waals surface area contributed by atoms with Gasteiger partial charge in [-0.2, -0.15) is 10.1 Å². The topological polar surface area (TPSA) is 66.0 Å². The molecule has 112 valence electrons. The molecular formula is C13H16Cl2N6. The Morgan fingerprint density at radius 2 is 2.05 bits per heavy atom. The van der Waals surface area contributed by atoms with Gasteiger partial charge in [0.15, 0.2) is 5.82 Å². The second-order valence-electron chi connectivity index (χ2n) is 4.62. The highest BCUT2D eigenvalue weighted by atomic mass is 35.5. The summed E-state index contributed by atoms with van der Waals surface area (Å²) in [5.74, 6) is 1.00. The van der Waals surface area contributed by atoms with E-state index in [9.17, 15) is 0 Å². The highest BCUT2D eigenvalue weighted by Crippen LogP contribution is 2.31. The molecule has 1 heterocycles. The average molecular weight is 327 g/mol. The Kier molecular flexibility index (Phi) is 5.55. The fourth-order valence-corrected chi connectivity index (χ4v) is 1.92. The zero-order valence-corrected chi connectivity index (χ0v) is 13.3. The third kappa shape index (κ3) is 4.70. The maximum atomic E-state index is 6.12. The van der Waals surface area contributed by atoms with Crippen LogP contribution in [-0.4, -0.2) is 47.3 Å². The zero-order valence-electron chi connectivity index (χ0n) is 11.8. The molecule has 0 radical (unpaired) electrons. The summed E-state index contributed by atoms with van der Waals surface area (Å²) in [4.78, 5) is 6.38. The standard InChI is InChI=1S/C13H16Cl2N6/c1-21(2)7-6-16-13-19-11(8-17-20-13)18-10-5-3-4-9(14)12(10)15/h3-5,8H,6-7H2,1-2H3,(H2,16,18,19,20). The van der Waals surface area contributed by atoms with E-state index in [1.807, 2.05) is 20.2 Å². The Bertz CT molecular complexity index is 605.